The number of hydrogen-bond acceptors (Lipinski definition) is 5. The summed E-state index contributed by atoms with van der Waals surface area (Å²) in [6.45, 7) is 18.0. The molecule has 138 valence electrons. The van der Waals surface area contributed by atoms with E-state index in [0.29, 0.717) is 30.2 Å². The molecule has 0 spiro atoms. The van der Waals surface area contributed by atoms with E-state index in [0.717, 1.165) is 0 Å². The van der Waals surface area contributed by atoms with Crippen LogP contribution in [0.4, 0.5) is 0 Å². The molecule has 8 heteroatoms. The van der Waals surface area contributed by atoms with E-state index < -0.39 is 10.2 Å². The Morgan fingerprint density at radius 2 is 1.17 bits per heavy atom. The summed E-state index contributed by atoms with van der Waals surface area (Å²) in [5, 5.41) is 0.194. The molecular weight excluding hydrogens is 343 g/mol. The molecular formula is C15H30Cl2N2O4. The maximum absolute atomic E-state index is 8.49. The van der Waals surface area contributed by atoms with Gasteiger partial charge in [-0.1, -0.05) is 0 Å². The second-order valence-electron chi connectivity index (χ2n) is 6.88. The van der Waals surface area contributed by atoms with Gasteiger partial charge in [0.2, 0.25) is 0 Å². The minimum absolute atomic E-state index is 0.194. The van der Waals surface area contributed by atoms with Crippen LogP contribution < -0.4 is 18.6 Å². The monoisotopic (exact) mass is 372 g/mol. The Bertz CT molecular complexity index is 383. The van der Waals surface area contributed by atoms with Gasteiger partial charge >= 0.3 is 0 Å². The molecule has 0 aromatic carbocycles. The fourth-order valence-electron chi connectivity index (χ4n) is 3.24. The molecule has 0 heterocycles. The third-order valence-corrected chi connectivity index (χ3v) is 4.14. The molecule has 0 aliphatic heterocycles. The second kappa shape index (κ2) is 8.94. The van der Waals surface area contributed by atoms with Crippen molar-refractivity contribution in [3.8, 4) is 0 Å². The van der Waals surface area contributed by atoms with Gasteiger partial charge in [-0.05, 0) is 55.4 Å². The van der Waals surface area contributed by atoms with E-state index in [1.807, 2.05) is 0 Å². The molecule has 2 unspecified atom stereocenters. The molecule has 1 fully saturated rings. The van der Waals surface area contributed by atoms with Crippen LogP contribution in [0.5, 0.6) is 0 Å². The summed E-state index contributed by atoms with van der Waals surface area (Å²) in [4.78, 5) is 2.53. The van der Waals surface area contributed by atoms with Gasteiger partial charge in [-0.25, -0.2) is 23.2 Å². The first-order valence-corrected chi connectivity index (χ1v) is 9.55. The van der Waals surface area contributed by atoms with Crippen molar-refractivity contribution in [1.29, 1.82) is 0 Å². The maximum atomic E-state index is 8.49. The topological polar surface area (TPSA) is 98.5 Å². The molecule has 0 aromatic heterocycles. The zero-order valence-electron chi connectivity index (χ0n) is 15.2. The van der Waals surface area contributed by atoms with Gasteiger partial charge in [0.25, 0.3) is 0 Å². The highest BCUT2D eigenvalue weighted by Crippen LogP contribution is 2.34. The van der Waals surface area contributed by atoms with Crippen molar-refractivity contribution in [1.82, 2.24) is 4.90 Å². The third kappa shape index (κ3) is 7.65. The zero-order chi connectivity index (χ0) is 18.7. The molecule has 0 amide bonds. The number of hydrogen-bond donors (Lipinski definition) is 0. The lowest BCUT2D eigenvalue weighted by molar-refractivity contribution is -2.00. The molecule has 2 atom stereocenters. The first-order valence-electron chi connectivity index (χ1n) is 7.88. The standard InChI is InChI=1S/C15H30ClN2.ClHO4/c1-9(2)17(10(3)4)14-13(16)15(14)18(11(5)6)12(7)8;2-1(3,4)5/h9-14H,1-8H3;(H,2,3,4,5)/q+1;/p-1. The van der Waals surface area contributed by atoms with Crippen LogP contribution in [0.15, 0.2) is 0 Å². The molecule has 0 saturated heterocycles. The van der Waals surface area contributed by atoms with E-state index in [-0.39, 0.29) is 5.38 Å². The molecule has 0 bridgehead atoms. The molecule has 0 radical (unpaired) electrons. The lowest BCUT2D eigenvalue weighted by Gasteiger charge is -2.29. The minimum atomic E-state index is -4.94. The van der Waals surface area contributed by atoms with Crippen LogP contribution in [-0.2, 0) is 0 Å². The summed E-state index contributed by atoms with van der Waals surface area (Å²) in [6.07, 6.45) is 0. The average Bonchev–Trinajstić information content (AvgIpc) is 2.85. The smallest absolute Gasteiger partial charge is 0.192 e. The Hall–Kier alpha value is 0.0500. The van der Waals surface area contributed by atoms with E-state index in [4.69, 9.17) is 30.2 Å². The van der Waals surface area contributed by atoms with Crippen LogP contribution in [-0.4, -0.2) is 50.8 Å². The second-order valence-corrected chi connectivity index (χ2v) is 8.11. The van der Waals surface area contributed by atoms with Gasteiger partial charge < -0.3 is 0 Å². The Balaban J connectivity index is 0.000000841. The van der Waals surface area contributed by atoms with Gasteiger partial charge in [0.05, 0.1) is 0 Å². The fraction of sp³-hybridized carbons (Fsp3) is 0.933. The highest BCUT2D eigenvalue weighted by Gasteiger charge is 2.58. The summed E-state index contributed by atoms with van der Waals surface area (Å²) in [6, 6.07) is 2.54. The van der Waals surface area contributed by atoms with Gasteiger partial charge in [0.1, 0.15) is 23.5 Å². The fourth-order valence-corrected chi connectivity index (χ4v) is 3.66. The Morgan fingerprint density at radius 1 is 0.870 bits per heavy atom. The Morgan fingerprint density at radius 3 is 1.39 bits per heavy atom. The van der Waals surface area contributed by atoms with Crippen molar-refractivity contribution >= 4 is 17.3 Å². The van der Waals surface area contributed by atoms with Gasteiger partial charge in [-0.2, -0.15) is 0 Å². The van der Waals surface area contributed by atoms with Crippen molar-refractivity contribution in [3.05, 3.63) is 0 Å². The first kappa shape index (κ1) is 23.1. The van der Waals surface area contributed by atoms with E-state index in [9.17, 15) is 0 Å². The number of alkyl halides is 1. The number of nitrogens with zero attached hydrogens (tertiary/aromatic N) is 2. The van der Waals surface area contributed by atoms with Gasteiger partial charge in [-0.15, -0.1) is 21.8 Å². The SMILES string of the molecule is CC(C)N(C(C)C)C1C(=[N+](C(C)C)C(C)C)C1Cl.[O-][Cl+3]([O-])([O-])[O-]. The van der Waals surface area contributed by atoms with Crippen molar-refractivity contribution in [2.45, 2.75) is 91.0 Å². The van der Waals surface area contributed by atoms with Gasteiger partial charge in [0.15, 0.2) is 5.71 Å². The van der Waals surface area contributed by atoms with Crippen LogP contribution in [0, 0.1) is 10.2 Å². The molecule has 23 heavy (non-hydrogen) atoms. The van der Waals surface area contributed by atoms with E-state index in [1.165, 1.54) is 5.71 Å². The average molecular weight is 373 g/mol. The van der Waals surface area contributed by atoms with Crippen molar-refractivity contribution in [2.24, 2.45) is 0 Å². The van der Waals surface area contributed by atoms with Crippen molar-refractivity contribution in [3.63, 3.8) is 0 Å². The molecule has 0 aromatic rings. The molecule has 1 aliphatic carbocycles. The molecule has 1 saturated carbocycles. The zero-order valence-corrected chi connectivity index (χ0v) is 16.8. The quantitative estimate of drug-likeness (QED) is 0.437. The van der Waals surface area contributed by atoms with Crippen molar-refractivity contribution in [2.75, 3.05) is 0 Å². The highest BCUT2D eigenvalue weighted by molar-refractivity contribution is 6.42. The first-order chi connectivity index (χ1) is 10.2. The van der Waals surface area contributed by atoms with Gasteiger partial charge in [0, 0.05) is 12.1 Å². The minimum Gasteiger partial charge on any atom is -0.285 e. The maximum Gasteiger partial charge on any atom is 0.192 e. The van der Waals surface area contributed by atoms with E-state index in [2.05, 4.69) is 64.9 Å². The van der Waals surface area contributed by atoms with Crippen LogP contribution in [0.1, 0.15) is 55.4 Å². The Kier molecular flexibility index (Phi) is 8.96. The predicted octanol–water partition coefficient (Wildman–Crippen LogP) is -1.39. The van der Waals surface area contributed by atoms with Crippen LogP contribution in [0.25, 0.3) is 0 Å². The Labute approximate surface area is 147 Å². The number of halogens is 2. The van der Waals surface area contributed by atoms with Crippen molar-refractivity contribution < 1.29 is 33.5 Å². The molecule has 1 aliphatic rings. The van der Waals surface area contributed by atoms with Crippen LogP contribution in [0.2, 0.25) is 0 Å². The summed E-state index contributed by atoms with van der Waals surface area (Å²) in [5.41, 5.74) is 1.42. The summed E-state index contributed by atoms with van der Waals surface area (Å²) in [7, 11) is -4.94. The third-order valence-electron chi connectivity index (χ3n) is 3.68. The summed E-state index contributed by atoms with van der Waals surface area (Å²) < 4.78 is 36.5. The van der Waals surface area contributed by atoms with Crippen LogP contribution in [0.3, 0.4) is 0 Å². The largest absolute Gasteiger partial charge is 0.285 e. The predicted molar refractivity (Wildman–Crippen MR) is 81.1 cm³/mol. The van der Waals surface area contributed by atoms with E-state index in [1.54, 1.807) is 0 Å². The molecule has 0 N–H and O–H groups in total. The highest BCUT2D eigenvalue weighted by atomic mass is 35.7. The van der Waals surface area contributed by atoms with Crippen LogP contribution >= 0.6 is 11.6 Å². The molecule has 1 rings (SSSR count). The van der Waals surface area contributed by atoms with E-state index >= 15 is 0 Å². The lowest BCUT2D eigenvalue weighted by atomic mass is 10.2. The number of rotatable bonds is 5. The summed E-state index contributed by atoms with van der Waals surface area (Å²) in [5.74, 6) is 0. The van der Waals surface area contributed by atoms with Gasteiger partial charge in [-0.3, -0.25) is 4.90 Å². The normalized spacial score (nSPS) is 21.4. The molecule has 6 nitrogen and oxygen atoms in total. The summed E-state index contributed by atoms with van der Waals surface area (Å²) >= 11 is 6.56. The lowest BCUT2D eigenvalue weighted by Crippen LogP contribution is -2.68.